The molecule has 2 rings (SSSR count). The molecule has 3 N–H and O–H groups in total. The number of ether oxygens (including phenoxy) is 1. The zero-order valence-corrected chi connectivity index (χ0v) is 15.4. The summed E-state index contributed by atoms with van der Waals surface area (Å²) in [5.41, 5.74) is 0.784. The van der Waals surface area contributed by atoms with Crippen LogP contribution >= 0.6 is 15.9 Å². The highest BCUT2D eigenvalue weighted by molar-refractivity contribution is 9.10. The molecule has 2 aromatic carbocycles. The average Bonchev–Trinajstić information content (AvgIpc) is 2.62. The number of imide groups is 1. The molecule has 0 saturated carbocycles. The molecule has 0 aromatic heterocycles. The molecule has 1 atom stereocenters. The van der Waals surface area contributed by atoms with E-state index >= 15 is 0 Å². The van der Waals surface area contributed by atoms with Gasteiger partial charge in [-0.2, -0.15) is 0 Å². The van der Waals surface area contributed by atoms with Gasteiger partial charge in [0.25, 0.3) is 5.91 Å². The van der Waals surface area contributed by atoms with Crippen LogP contribution in [0.25, 0.3) is 0 Å². The Morgan fingerprint density at radius 3 is 2.54 bits per heavy atom. The Bertz CT molecular complexity index is 810. The maximum absolute atomic E-state index is 12.0. The summed E-state index contributed by atoms with van der Waals surface area (Å²) in [4.78, 5) is 35.8. The van der Waals surface area contributed by atoms with E-state index in [-0.39, 0.29) is 17.9 Å². The van der Waals surface area contributed by atoms with E-state index in [2.05, 4.69) is 26.6 Å². The van der Waals surface area contributed by atoms with Gasteiger partial charge in [0.05, 0.1) is 0 Å². The number of rotatable bonds is 5. The van der Waals surface area contributed by atoms with Crippen molar-refractivity contribution in [3.05, 3.63) is 64.1 Å². The second-order valence-electron chi connectivity index (χ2n) is 5.37. The molecule has 8 heteroatoms. The molecule has 26 heavy (non-hydrogen) atoms. The number of carbonyl (C=O) groups is 3. The van der Waals surface area contributed by atoms with Crippen molar-refractivity contribution in [2.75, 3.05) is 0 Å². The lowest BCUT2D eigenvalue weighted by molar-refractivity contribution is -0.127. The van der Waals surface area contributed by atoms with E-state index in [1.807, 2.05) is 30.3 Å². The van der Waals surface area contributed by atoms with Crippen LogP contribution in [0.1, 0.15) is 22.8 Å². The fraction of sp³-hybridized carbons (Fsp3) is 0.167. The van der Waals surface area contributed by atoms with Crippen molar-refractivity contribution in [1.82, 2.24) is 10.6 Å². The van der Waals surface area contributed by atoms with E-state index in [1.165, 1.54) is 19.1 Å². The molecule has 0 spiro atoms. The molecule has 0 heterocycles. The normalized spacial score (nSPS) is 11.3. The van der Waals surface area contributed by atoms with Crippen LogP contribution in [-0.2, 0) is 16.1 Å². The first-order valence-corrected chi connectivity index (χ1v) is 8.48. The molecule has 7 nitrogen and oxygen atoms in total. The number of urea groups is 1. The van der Waals surface area contributed by atoms with E-state index in [4.69, 9.17) is 4.74 Å². The highest BCUT2D eigenvalue weighted by Gasteiger charge is 2.22. The Balaban J connectivity index is 1.85. The molecule has 136 valence electrons. The molecular formula is C18H17BrN2O5. The van der Waals surface area contributed by atoms with E-state index in [0.717, 1.165) is 5.56 Å². The summed E-state index contributed by atoms with van der Waals surface area (Å²) in [6, 6.07) is 12.7. The molecule has 0 aliphatic heterocycles. The van der Waals surface area contributed by atoms with Crippen molar-refractivity contribution >= 4 is 33.8 Å². The van der Waals surface area contributed by atoms with Gasteiger partial charge < -0.3 is 15.2 Å². The Hall–Kier alpha value is -2.87. The molecule has 0 saturated heterocycles. The van der Waals surface area contributed by atoms with Gasteiger partial charge in [-0.3, -0.25) is 10.1 Å². The monoisotopic (exact) mass is 420 g/mol. The fourth-order valence-electron chi connectivity index (χ4n) is 1.99. The summed E-state index contributed by atoms with van der Waals surface area (Å²) >= 11 is 3.18. The van der Waals surface area contributed by atoms with E-state index in [9.17, 15) is 19.5 Å². The smallest absolute Gasteiger partial charge is 0.342 e. The minimum absolute atomic E-state index is 0.0902. The van der Waals surface area contributed by atoms with Crippen LogP contribution in [0.15, 0.2) is 53.0 Å². The number of halogens is 1. The van der Waals surface area contributed by atoms with Crippen molar-refractivity contribution in [2.24, 2.45) is 0 Å². The van der Waals surface area contributed by atoms with E-state index in [1.54, 1.807) is 6.07 Å². The quantitative estimate of drug-likeness (QED) is 0.644. The van der Waals surface area contributed by atoms with Crippen LogP contribution in [0.2, 0.25) is 0 Å². The molecule has 3 amide bonds. The first-order chi connectivity index (χ1) is 12.4. The summed E-state index contributed by atoms with van der Waals surface area (Å²) in [6.45, 7) is 1.58. The Morgan fingerprint density at radius 1 is 1.15 bits per heavy atom. The maximum atomic E-state index is 12.0. The minimum Gasteiger partial charge on any atom is -0.507 e. The number of hydrogen-bond donors (Lipinski definition) is 3. The molecule has 2 aromatic rings. The third-order valence-corrected chi connectivity index (χ3v) is 3.86. The second kappa shape index (κ2) is 9.00. The third kappa shape index (κ3) is 5.59. The van der Waals surface area contributed by atoms with E-state index < -0.39 is 24.0 Å². The number of carbonyl (C=O) groups excluding carboxylic acids is 3. The average molecular weight is 421 g/mol. The second-order valence-corrected chi connectivity index (χ2v) is 6.28. The van der Waals surface area contributed by atoms with Crippen molar-refractivity contribution < 1.29 is 24.2 Å². The highest BCUT2D eigenvalue weighted by atomic mass is 79.9. The van der Waals surface area contributed by atoms with Crippen LogP contribution < -0.4 is 10.6 Å². The van der Waals surface area contributed by atoms with Crippen molar-refractivity contribution in [3.8, 4) is 5.75 Å². The molecule has 1 unspecified atom stereocenters. The zero-order valence-electron chi connectivity index (χ0n) is 13.9. The van der Waals surface area contributed by atoms with E-state index in [0.29, 0.717) is 4.47 Å². The largest absolute Gasteiger partial charge is 0.507 e. The predicted molar refractivity (Wildman–Crippen MR) is 97.5 cm³/mol. The highest BCUT2D eigenvalue weighted by Crippen LogP contribution is 2.22. The fourth-order valence-corrected chi connectivity index (χ4v) is 2.35. The number of benzene rings is 2. The summed E-state index contributed by atoms with van der Waals surface area (Å²) in [7, 11) is 0. The van der Waals surface area contributed by atoms with Gasteiger partial charge in [-0.15, -0.1) is 0 Å². The lowest BCUT2D eigenvalue weighted by Gasteiger charge is -2.14. The van der Waals surface area contributed by atoms with Crippen LogP contribution in [0.4, 0.5) is 4.79 Å². The van der Waals surface area contributed by atoms with Gasteiger partial charge in [0.15, 0.2) is 6.10 Å². The number of phenols is 1. The van der Waals surface area contributed by atoms with Gasteiger partial charge in [0, 0.05) is 11.0 Å². The summed E-state index contributed by atoms with van der Waals surface area (Å²) in [6.07, 6.45) is -1.22. The molecule has 0 fully saturated rings. The molecular weight excluding hydrogens is 404 g/mol. The topological polar surface area (TPSA) is 105 Å². The van der Waals surface area contributed by atoms with Gasteiger partial charge in [-0.1, -0.05) is 46.3 Å². The number of aromatic hydroxyl groups is 1. The first-order valence-electron chi connectivity index (χ1n) is 7.69. The van der Waals surface area contributed by atoms with Gasteiger partial charge in [0.2, 0.25) is 0 Å². The third-order valence-electron chi connectivity index (χ3n) is 3.36. The number of esters is 1. The van der Waals surface area contributed by atoms with Gasteiger partial charge in [0.1, 0.15) is 11.3 Å². The van der Waals surface area contributed by atoms with Gasteiger partial charge >= 0.3 is 12.0 Å². The van der Waals surface area contributed by atoms with Crippen molar-refractivity contribution in [1.29, 1.82) is 0 Å². The lowest BCUT2D eigenvalue weighted by Crippen LogP contribution is -2.44. The molecule has 0 radical (unpaired) electrons. The summed E-state index contributed by atoms with van der Waals surface area (Å²) in [5.74, 6) is -1.93. The van der Waals surface area contributed by atoms with Gasteiger partial charge in [-0.05, 0) is 30.7 Å². The summed E-state index contributed by atoms with van der Waals surface area (Å²) in [5, 5.41) is 14.3. The molecule has 0 aliphatic rings. The Morgan fingerprint density at radius 2 is 1.85 bits per heavy atom. The Labute approximate surface area is 158 Å². The van der Waals surface area contributed by atoms with Crippen molar-refractivity contribution in [2.45, 2.75) is 19.6 Å². The first kappa shape index (κ1) is 19.5. The lowest BCUT2D eigenvalue weighted by atomic mass is 10.2. The van der Waals surface area contributed by atoms with Crippen LogP contribution in [-0.4, -0.2) is 29.1 Å². The van der Waals surface area contributed by atoms with Crippen LogP contribution in [0.3, 0.4) is 0 Å². The van der Waals surface area contributed by atoms with Crippen LogP contribution in [0.5, 0.6) is 5.75 Å². The van der Waals surface area contributed by atoms with Gasteiger partial charge in [-0.25, -0.2) is 9.59 Å². The number of hydrogen-bond acceptors (Lipinski definition) is 5. The SMILES string of the molecule is CC(OC(=O)c1cc(Br)ccc1O)C(=O)NC(=O)NCc1ccccc1. The standard InChI is InChI=1S/C18H17BrN2O5/c1-11(26-17(24)14-9-13(19)7-8-15(14)22)16(23)21-18(25)20-10-12-5-3-2-4-6-12/h2-9,11,22H,10H2,1H3,(H2,20,21,23,25). The molecule has 0 bridgehead atoms. The number of phenolic OH excluding ortho intramolecular Hbond substituents is 1. The number of nitrogens with one attached hydrogen (secondary N) is 2. The predicted octanol–water partition coefficient (Wildman–Crippen LogP) is 2.73. The van der Waals surface area contributed by atoms with Crippen LogP contribution in [0, 0.1) is 0 Å². The summed E-state index contributed by atoms with van der Waals surface area (Å²) < 4.78 is 5.56. The maximum Gasteiger partial charge on any atom is 0.342 e. The zero-order chi connectivity index (χ0) is 19.1. The van der Waals surface area contributed by atoms with Crippen molar-refractivity contribution in [3.63, 3.8) is 0 Å². The molecule has 0 aliphatic carbocycles. The Kier molecular flexibility index (Phi) is 6.74. The number of amides is 3. The minimum atomic E-state index is -1.22.